The standard InChI is InChI=1S/C9H9BrClNO/c1-5(12)9(13)7-4-6(10)2-3-8(7)11/h2-5H,12H2,1H3. The first-order valence-electron chi connectivity index (χ1n) is 3.77. The van der Waals surface area contributed by atoms with Crippen LogP contribution in [0.5, 0.6) is 0 Å². The van der Waals surface area contributed by atoms with Gasteiger partial charge in [0, 0.05) is 10.0 Å². The second-order valence-electron chi connectivity index (χ2n) is 2.78. The van der Waals surface area contributed by atoms with Crippen molar-refractivity contribution in [3.8, 4) is 0 Å². The summed E-state index contributed by atoms with van der Waals surface area (Å²) in [5, 5.41) is 0.436. The first-order chi connectivity index (χ1) is 6.02. The number of Topliss-reactive ketones (excluding diaryl/α,β-unsaturated/α-hetero) is 1. The van der Waals surface area contributed by atoms with Gasteiger partial charge in [-0.1, -0.05) is 27.5 Å². The van der Waals surface area contributed by atoms with E-state index in [-0.39, 0.29) is 5.78 Å². The van der Waals surface area contributed by atoms with Crippen LogP contribution in [0.3, 0.4) is 0 Å². The molecule has 1 aromatic rings. The predicted octanol–water partition coefficient (Wildman–Crippen LogP) is 2.63. The van der Waals surface area contributed by atoms with Gasteiger partial charge in [0.1, 0.15) is 0 Å². The molecule has 4 heteroatoms. The lowest BCUT2D eigenvalue weighted by molar-refractivity contribution is 0.0968. The van der Waals surface area contributed by atoms with E-state index in [1.807, 2.05) is 0 Å². The molecule has 0 spiro atoms. The van der Waals surface area contributed by atoms with Crippen LogP contribution in [0.2, 0.25) is 5.02 Å². The highest BCUT2D eigenvalue weighted by molar-refractivity contribution is 9.10. The summed E-state index contributed by atoms with van der Waals surface area (Å²) >= 11 is 9.10. The zero-order valence-electron chi connectivity index (χ0n) is 7.05. The fourth-order valence-corrected chi connectivity index (χ4v) is 1.50. The Morgan fingerprint density at radius 1 is 1.62 bits per heavy atom. The summed E-state index contributed by atoms with van der Waals surface area (Å²) in [7, 11) is 0. The smallest absolute Gasteiger partial charge is 0.180 e. The summed E-state index contributed by atoms with van der Waals surface area (Å²) in [6.45, 7) is 1.64. The zero-order valence-corrected chi connectivity index (χ0v) is 9.39. The van der Waals surface area contributed by atoms with E-state index in [0.29, 0.717) is 10.6 Å². The normalized spacial score (nSPS) is 12.6. The molecule has 0 fully saturated rings. The first-order valence-corrected chi connectivity index (χ1v) is 4.94. The predicted molar refractivity (Wildman–Crippen MR) is 57.1 cm³/mol. The number of hydrogen-bond donors (Lipinski definition) is 1. The topological polar surface area (TPSA) is 43.1 Å². The molecule has 0 amide bonds. The molecule has 0 radical (unpaired) electrons. The maximum absolute atomic E-state index is 11.5. The Hall–Kier alpha value is -0.380. The Kier molecular flexibility index (Phi) is 3.47. The molecule has 0 aromatic heterocycles. The minimum Gasteiger partial charge on any atom is -0.321 e. The summed E-state index contributed by atoms with van der Waals surface area (Å²) in [6.07, 6.45) is 0. The maximum Gasteiger partial charge on any atom is 0.180 e. The van der Waals surface area contributed by atoms with Crippen LogP contribution in [-0.2, 0) is 0 Å². The number of carbonyl (C=O) groups excluding carboxylic acids is 1. The molecular formula is C9H9BrClNO. The lowest BCUT2D eigenvalue weighted by Crippen LogP contribution is -2.26. The van der Waals surface area contributed by atoms with Crippen LogP contribution in [0.4, 0.5) is 0 Å². The molecule has 70 valence electrons. The zero-order chi connectivity index (χ0) is 10.0. The first kappa shape index (κ1) is 10.7. The van der Waals surface area contributed by atoms with E-state index in [2.05, 4.69) is 15.9 Å². The van der Waals surface area contributed by atoms with Crippen molar-refractivity contribution < 1.29 is 4.79 Å². The van der Waals surface area contributed by atoms with Crippen molar-refractivity contribution in [3.63, 3.8) is 0 Å². The number of carbonyl (C=O) groups is 1. The van der Waals surface area contributed by atoms with Gasteiger partial charge in [0.15, 0.2) is 5.78 Å². The average molecular weight is 263 g/mol. The highest BCUT2D eigenvalue weighted by Crippen LogP contribution is 2.21. The molecule has 1 aromatic carbocycles. The van der Waals surface area contributed by atoms with E-state index in [1.54, 1.807) is 25.1 Å². The summed E-state index contributed by atoms with van der Waals surface area (Å²) in [6, 6.07) is 4.60. The minimum absolute atomic E-state index is 0.147. The molecule has 0 saturated heterocycles. The van der Waals surface area contributed by atoms with Crippen LogP contribution in [0.15, 0.2) is 22.7 Å². The molecule has 0 aliphatic heterocycles. The molecule has 0 saturated carbocycles. The van der Waals surface area contributed by atoms with Gasteiger partial charge in [-0.25, -0.2) is 0 Å². The molecule has 0 heterocycles. The summed E-state index contributed by atoms with van der Waals surface area (Å²) in [5.41, 5.74) is 5.93. The molecule has 2 N–H and O–H groups in total. The lowest BCUT2D eigenvalue weighted by atomic mass is 10.1. The molecule has 2 nitrogen and oxygen atoms in total. The quantitative estimate of drug-likeness (QED) is 0.833. The molecule has 0 bridgehead atoms. The number of benzene rings is 1. The van der Waals surface area contributed by atoms with Crippen molar-refractivity contribution in [3.05, 3.63) is 33.3 Å². The maximum atomic E-state index is 11.5. The van der Waals surface area contributed by atoms with E-state index < -0.39 is 6.04 Å². The van der Waals surface area contributed by atoms with E-state index in [4.69, 9.17) is 17.3 Å². The summed E-state index contributed by atoms with van der Waals surface area (Å²) in [5.74, 6) is -0.147. The van der Waals surface area contributed by atoms with E-state index >= 15 is 0 Å². The largest absolute Gasteiger partial charge is 0.321 e. The molecule has 0 aliphatic rings. The van der Waals surface area contributed by atoms with Crippen LogP contribution in [0.25, 0.3) is 0 Å². The second kappa shape index (κ2) is 4.22. The highest BCUT2D eigenvalue weighted by Gasteiger charge is 2.14. The minimum atomic E-state index is -0.521. The van der Waals surface area contributed by atoms with Crippen LogP contribution in [0, 0.1) is 0 Å². The Labute approximate surface area is 90.2 Å². The van der Waals surface area contributed by atoms with Crippen LogP contribution in [-0.4, -0.2) is 11.8 Å². The van der Waals surface area contributed by atoms with Gasteiger partial charge in [0.05, 0.1) is 11.1 Å². The fraction of sp³-hybridized carbons (Fsp3) is 0.222. The number of rotatable bonds is 2. The van der Waals surface area contributed by atoms with Gasteiger partial charge < -0.3 is 5.73 Å². The molecule has 13 heavy (non-hydrogen) atoms. The summed E-state index contributed by atoms with van der Waals surface area (Å²) in [4.78, 5) is 11.5. The van der Waals surface area contributed by atoms with Crippen molar-refractivity contribution in [1.29, 1.82) is 0 Å². The number of hydrogen-bond acceptors (Lipinski definition) is 2. The number of halogens is 2. The van der Waals surface area contributed by atoms with Crippen LogP contribution < -0.4 is 5.73 Å². The number of ketones is 1. The van der Waals surface area contributed by atoms with Crippen molar-refractivity contribution in [1.82, 2.24) is 0 Å². The summed E-state index contributed by atoms with van der Waals surface area (Å²) < 4.78 is 0.820. The second-order valence-corrected chi connectivity index (χ2v) is 4.10. The van der Waals surface area contributed by atoms with E-state index in [1.165, 1.54) is 0 Å². The van der Waals surface area contributed by atoms with E-state index in [9.17, 15) is 4.79 Å². The molecular weight excluding hydrogens is 253 g/mol. The number of nitrogens with two attached hydrogens (primary N) is 1. The van der Waals surface area contributed by atoms with Gasteiger partial charge in [0.2, 0.25) is 0 Å². The Morgan fingerprint density at radius 2 is 2.23 bits per heavy atom. The monoisotopic (exact) mass is 261 g/mol. The molecule has 0 aliphatic carbocycles. The third kappa shape index (κ3) is 2.53. The van der Waals surface area contributed by atoms with Gasteiger partial charge >= 0.3 is 0 Å². The van der Waals surface area contributed by atoms with Gasteiger partial charge in [-0.3, -0.25) is 4.79 Å². The van der Waals surface area contributed by atoms with Crippen molar-refractivity contribution in [2.45, 2.75) is 13.0 Å². The average Bonchev–Trinajstić information content (AvgIpc) is 2.08. The fourth-order valence-electron chi connectivity index (χ4n) is 0.932. The van der Waals surface area contributed by atoms with Crippen molar-refractivity contribution in [2.24, 2.45) is 5.73 Å². The third-order valence-electron chi connectivity index (χ3n) is 1.61. The third-order valence-corrected chi connectivity index (χ3v) is 2.43. The Bertz CT molecular complexity index is 338. The molecule has 1 rings (SSSR count). The van der Waals surface area contributed by atoms with E-state index in [0.717, 1.165) is 4.47 Å². The Balaban J connectivity index is 3.13. The molecule has 1 atom stereocenters. The van der Waals surface area contributed by atoms with Crippen molar-refractivity contribution >= 4 is 33.3 Å². The van der Waals surface area contributed by atoms with Crippen molar-refractivity contribution in [2.75, 3.05) is 0 Å². The van der Waals surface area contributed by atoms with Crippen LogP contribution >= 0.6 is 27.5 Å². The lowest BCUT2D eigenvalue weighted by Gasteiger charge is -2.06. The van der Waals surface area contributed by atoms with Gasteiger partial charge in [0.25, 0.3) is 0 Å². The van der Waals surface area contributed by atoms with Gasteiger partial charge in [-0.15, -0.1) is 0 Å². The molecule has 1 unspecified atom stereocenters. The van der Waals surface area contributed by atoms with Crippen LogP contribution in [0.1, 0.15) is 17.3 Å². The SMILES string of the molecule is CC(N)C(=O)c1cc(Br)ccc1Cl. The Morgan fingerprint density at radius 3 is 2.77 bits per heavy atom. The highest BCUT2D eigenvalue weighted by atomic mass is 79.9. The van der Waals surface area contributed by atoms with Gasteiger partial charge in [-0.05, 0) is 25.1 Å². The van der Waals surface area contributed by atoms with Gasteiger partial charge in [-0.2, -0.15) is 0 Å².